The second-order valence-corrected chi connectivity index (χ2v) is 5.82. The molecule has 0 atom stereocenters. The van der Waals surface area contributed by atoms with E-state index < -0.39 is 0 Å². The molecule has 1 heterocycles. The molecular weight excluding hydrogens is 244 g/mol. The fourth-order valence-corrected chi connectivity index (χ4v) is 3.23. The van der Waals surface area contributed by atoms with Crippen molar-refractivity contribution in [3.63, 3.8) is 0 Å². The zero-order valence-electron chi connectivity index (χ0n) is 11.0. The molecule has 0 radical (unpaired) electrons. The zero-order chi connectivity index (χ0) is 12.8. The summed E-state index contributed by atoms with van der Waals surface area (Å²) >= 11 is 2.06. The van der Waals surface area contributed by atoms with Gasteiger partial charge in [-0.1, -0.05) is 6.07 Å². The number of benzene rings is 1. The van der Waals surface area contributed by atoms with Crippen LogP contribution in [0.15, 0.2) is 18.2 Å². The molecule has 0 aliphatic carbocycles. The largest absolute Gasteiger partial charge is 0.496 e. The molecule has 0 saturated carbocycles. The molecule has 0 bridgehead atoms. The average molecular weight is 266 g/mol. The molecule has 0 unspecified atom stereocenters. The van der Waals surface area contributed by atoms with Crippen molar-refractivity contribution in [2.24, 2.45) is 5.73 Å². The third-order valence-electron chi connectivity index (χ3n) is 3.29. The SMILES string of the molecule is COc1ccc(CN2CCCSCC2)cc1CN. The van der Waals surface area contributed by atoms with Crippen molar-refractivity contribution in [2.45, 2.75) is 19.5 Å². The fraction of sp³-hybridized carbons (Fsp3) is 0.571. The van der Waals surface area contributed by atoms with Crippen LogP contribution < -0.4 is 10.5 Å². The van der Waals surface area contributed by atoms with E-state index in [2.05, 4.69) is 28.8 Å². The summed E-state index contributed by atoms with van der Waals surface area (Å²) in [6.07, 6.45) is 1.30. The van der Waals surface area contributed by atoms with E-state index in [0.29, 0.717) is 6.54 Å². The van der Waals surface area contributed by atoms with E-state index in [9.17, 15) is 0 Å². The average Bonchev–Trinajstić information content (AvgIpc) is 2.67. The van der Waals surface area contributed by atoms with Crippen molar-refractivity contribution in [1.29, 1.82) is 0 Å². The Balaban J connectivity index is 2.03. The Kier molecular flexibility index (Phi) is 5.35. The number of ether oxygens (including phenoxy) is 1. The van der Waals surface area contributed by atoms with E-state index in [-0.39, 0.29) is 0 Å². The maximum Gasteiger partial charge on any atom is 0.123 e. The van der Waals surface area contributed by atoms with Gasteiger partial charge in [0.05, 0.1) is 7.11 Å². The minimum absolute atomic E-state index is 0.535. The summed E-state index contributed by atoms with van der Waals surface area (Å²) in [5.74, 6) is 3.44. The summed E-state index contributed by atoms with van der Waals surface area (Å²) in [5, 5.41) is 0. The van der Waals surface area contributed by atoms with E-state index in [1.54, 1.807) is 7.11 Å². The van der Waals surface area contributed by atoms with E-state index in [1.807, 2.05) is 6.07 Å². The molecule has 1 aliphatic rings. The quantitative estimate of drug-likeness (QED) is 0.906. The first kappa shape index (κ1) is 13.7. The van der Waals surface area contributed by atoms with E-state index in [1.165, 1.54) is 36.6 Å². The van der Waals surface area contributed by atoms with Gasteiger partial charge in [-0.2, -0.15) is 11.8 Å². The van der Waals surface area contributed by atoms with Gasteiger partial charge in [0.2, 0.25) is 0 Å². The molecule has 2 N–H and O–H groups in total. The highest BCUT2D eigenvalue weighted by atomic mass is 32.2. The predicted octanol–water partition coefficient (Wildman–Crippen LogP) is 2.09. The molecular formula is C14H22N2OS. The molecule has 1 fully saturated rings. The summed E-state index contributed by atoms with van der Waals surface area (Å²) in [6.45, 7) is 3.95. The van der Waals surface area contributed by atoms with Crippen LogP contribution in [0.3, 0.4) is 0 Å². The molecule has 0 spiro atoms. The number of hydrogen-bond acceptors (Lipinski definition) is 4. The topological polar surface area (TPSA) is 38.5 Å². The third kappa shape index (κ3) is 3.64. The van der Waals surface area contributed by atoms with E-state index in [4.69, 9.17) is 10.5 Å². The lowest BCUT2D eigenvalue weighted by molar-refractivity contribution is 0.287. The Hall–Kier alpha value is -0.710. The molecule has 18 heavy (non-hydrogen) atoms. The highest BCUT2D eigenvalue weighted by Crippen LogP contribution is 2.21. The van der Waals surface area contributed by atoms with Crippen LogP contribution in [0.4, 0.5) is 0 Å². The Morgan fingerprint density at radius 3 is 3.00 bits per heavy atom. The third-order valence-corrected chi connectivity index (χ3v) is 4.33. The molecule has 0 amide bonds. The van der Waals surface area contributed by atoms with Gasteiger partial charge in [-0.3, -0.25) is 4.90 Å². The van der Waals surface area contributed by atoms with Crippen LogP contribution in [0.5, 0.6) is 5.75 Å². The highest BCUT2D eigenvalue weighted by Gasteiger charge is 2.10. The molecule has 4 heteroatoms. The Morgan fingerprint density at radius 1 is 1.33 bits per heavy atom. The standard InChI is InChI=1S/C14H22N2OS/c1-17-14-4-3-12(9-13(14)10-15)11-16-5-2-7-18-8-6-16/h3-4,9H,2,5-8,10-11,15H2,1H3. The Morgan fingerprint density at radius 2 is 2.22 bits per heavy atom. The first-order valence-corrected chi connectivity index (χ1v) is 7.65. The second kappa shape index (κ2) is 7.02. The monoisotopic (exact) mass is 266 g/mol. The van der Waals surface area contributed by atoms with Gasteiger partial charge in [0.1, 0.15) is 5.75 Å². The summed E-state index contributed by atoms with van der Waals surface area (Å²) in [6, 6.07) is 6.36. The Labute approximate surface area is 114 Å². The number of rotatable bonds is 4. The van der Waals surface area contributed by atoms with Crippen LogP contribution in [0.25, 0.3) is 0 Å². The number of hydrogen-bond donors (Lipinski definition) is 1. The highest BCUT2D eigenvalue weighted by molar-refractivity contribution is 7.99. The van der Waals surface area contributed by atoms with Crippen LogP contribution in [-0.2, 0) is 13.1 Å². The van der Waals surface area contributed by atoms with E-state index >= 15 is 0 Å². The van der Waals surface area contributed by atoms with E-state index in [0.717, 1.165) is 17.9 Å². The lowest BCUT2D eigenvalue weighted by Gasteiger charge is -2.20. The zero-order valence-corrected chi connectivity index (χ0v) is 11.8. The predicted molar refractivity (Wildman–Crippen MR) is 78.1 cm³/mol. The van der Waals surface area contributed by atoms with Gasteiger partial charge in [0, 0.05) is 31.0 Å². The maximum absolute atomic E-state index is 5.76. The molecule has 100 valence electrons. The summed E-state index contributed by atoms with van der Waals surface area (Å²) in [4.78, 5) is 2.53. The first-order valence-electron chi connectivity index (χ1n) is 6.49. The van der Waals surface area contributed by atoms with Crippen LogP contribution in [0.2, 0.25) is 0 Å². The van der Waals surface area contributed by atoms with Crippen LogP contribution in [0, 0.1) is 0 Å². The van der Waals surface area contributed by atoms with Crippen molar-refractivity contribution in [1.82, 2.24) is 4.90 Å². The number of thioether (sulfide) groups is 1. The smallest absolute Gasteiger partial charge is 0.123 e. The fourth-order valence-electron chi connectivity index (χ4n) is 2.30. The lowest BCUT2D eigenvalue weighted by atomic mass is 10.1. The van der Waals surface area contributed by atoms with Crippen molar-refractivity contribution in [2.75, 3.05) is 31.7 Å². The molecule has 1 aromatic carbocycles. The molecule has 3 nitrogen and oxygen atoms in total. The number of nitrogens with two attached hydrogens (primary N) is 1. The minimum atomic E-state index is 0.535. The summed E-state index contributed by atoms with van der Waals surface area (Å²) in [5.41, 5.74) is 8.19. The second-order valence-electron chi connectivity index (χ2n) is 4.59. The summed E-state index contributed by atoms with van der Waals surface area (Å²) < 4.78 is 5.30. The van der Waals surface area contributed by atoms with Crippen molar-refractivity contribution >= 4 is 11.8 Å². The Bertz CT molecular complexity index is 376. The van der Waals surface area contributed by atoms with Crippen molar-refractivity contribution in [3.8, 4) is 5.75 Å². The minimum Gasteiger partial charge on any atom is -0.496 e. The number of methoxy groups -OCH3 is 1. The van der Waals surface area contributed by atoms with Gasteiger partial charge < -0.3 is 10.5 Å². The van der Waals surface area contributed by atoms with Gasteiger partial charge in [-0.05, 0) is 36.4 Å². The number of nitrogens with zero attached hydrogens (tertiary/aromatic N) is 1. The van der Waals surface area contributed by atoms with Crippen LogP contribution >= 0.6 is 11.8 Å². The van der Waals surface area contributed by atoms with Crippen molar-refractivity contribution in [3.05, 3.63) is 29.3 Å². The molecule has 2 rings (SSSR count). The molecule has 1 saturated heterocycles. The van der Waals surface area contributed by atoms with Crippen molar-refractivity contribution < 1.29 is 4.74 Å². The van der Waals surface area contributed by atoms with Crippen LogP contribution in [0.1, 0.15) is 17.5 Å². The van der Waals surface area contributed by atoms with Crippen LogP contribution in [-0.4, -0.2) is 36.6 Å². The maximum atomic E-state index is 5.76. The lowest BCUT2D eigenvalue weighted by Crippen LogP contribution is -2.25. The normalized spacial score (nSPS) is 17.4. The molecule has 1 aromatic rings. The van der Waals surface area contributed by atoms with Gasteiger partial charge in [0.15, 0.2) is 0 Å². The van der Waals surface area contributed by atoms with Gasteiger partial charge in [0.25, 0.3) is 0 Å². The summed E-state index contributed by atoms with van der Waals surface area (Å²) in [7, 11) is 1.69. The molecule has 1 aliphatic heterocycles. The van der Waals surface area contributed by atoms with Gasteiger partial charge in [-0.15, -0.1) is 0 Å². The van der Waals surface area contributed by atoms with Gasteiger partial charge in [-0.25, -0.2) is 0 Å². The van der Waals surface area contributed by atoms with Gasteiger partial charge >= 0.3 is 0 Å². The first-order chi connectivity index (χ1) is 8.83. The molecule has 0 aromatic heterocycles.